The Morgan fingerprint density at radius 2 is 2.10 bits per heavy atom. The van der Waals surface area contributed by atoms with Gasteiger partial charge in [0.25, 0.3) is 0 Å². The highest BCUT2D eigenvalue weighted by atomic mass is 16.5. The molecular formula is C16H23NO3. The van der Waals surface area contributed by atoms with Crippen molar-refractivity contribution >= 4 is 5.97 Å². The maximum atomic E-state index is 11.9. The molecule has 2 unspecified atom stereocenters. The number of nitrogens with one attached hydrogen (secondary N) is 1. The Labute approximate surface area is 120 Å². The molecule has 1 aromatic rings. The van der Waals surface area contributed by atoms with E-state index in [2.05, 4.69) is 18.3 Å². The summed E-state index contributed by atoms with van der Waals surface area (Å²) in [6.07, 6.45) is 0. The third kappa shape index (κ3) is 2.96. The van der Waals surface area contributed by atoms with Gasteiger partial charge in [-0.25, -0.2) is 0 Å². The summed E-state index contributed by atoms with van der Waals surface area (Å²) < 4.78 is 10.6. The minimum atomic E-state index is -0.307. The van der Waals surface area contributed by atoms with Crippen LogP contribution in [0.15, 0.2) is 24.3 Å². The van der Waals surface area contributed by atoms with Crippen molar-refractivity contribution in [2.24, 2.45) is 11.8 Å². The summed E-state index contributed by atoms with van der Waals surface area (Å²) in [5.74, 6) is 1.16. The fourth-order valence-electron chi connectivity index (χ4n) is 2.60. The minimum Gasteiger partial charge on any atom is -0.493 e. The van der Waals surface area contributed by atoms with Crippen LogP contribution < -0.4 is 10.1 Å². The lowest BCUT2D eigenvalue weighted by atomic mass is 9.90. The Morgan fingerprint density at radius 1 is 1.40 bits per heavy atom. The number of esters is 1. The molecule has 2 rings (SSSR count). The van der Waals surface area contributed by atoms with Crippen molar-refractivity contribution in [2.45, 2.75) is 32.9 Å². The van der Waals surface area contributed by atoms with Gasteiger partial charge in [0.2, 0.25) is 0 Å². The van der Waals surface area contributed by atoms with Gasteiger partial charge in [0.15, 0.2) is 0 Å². The van der Waals surface area contributed by atoms with Gasteiger partial charge in [0, 0.05) is 17.5 Å². The Hall–Kier alpha value is -1.55. The van der Waals surface area contributed by atoms with E-state index in [9.17, 15) is 4.79 Å². The SMILES string of the molecule is COC(=O)[C@@H](NC1c2ccccc2OCC1C)C(C)C. The van der Waals surface area contributed by atoms with Crippen LogP contribution in [0.25, 0.3) is 0 Å². The molecule has 0 radical (unpaired) electrons. The number of rotatable bonds is 4. The second-order valence-electron chi connectivity index (χ2n) is 5.72. The molecule has 0 fully saturated rings. The molecule has 1 aromatic carbocycles. The third-order valence-corrected chi connectivity index (χ3v) is 3.81. The summed E-state index contributed by atoms with van der Waals surface area (Å²) >= 11 is 0. The van der Waals surface area contributed by atoms with Gasteiger partial charge in [-0.1, -0.05) is 39.0 Å². The fraction of sp³-hybridized carbons (Fsp3) is 0.562. The molecule has 1 N–H and O–H groups in total. The molecule has 4 heteroatoms. The van der Waals surface area contributed by atoms with Crippen LogP contribution in [-0.2, 0) is 9.53 Å². The summed E-state index contributed by atoms with van der Waals surface area (Å²) in [7, 11) is 1.43. The number of hydrogen-bond acceptors (Lipinski definition) is 4. The van der Waals surface area contributed by atoms with E-state index < -0.39 is 0 Å². The summed E-state index contributed by atoms with van der Waals surface area (Å²) in [6, 6.07) is 7.78. The molecule has 0 saturated carbocycles. The molecule has 20 heavy (non-hydrogen) atoms. The fourth-order valence-corrected chi connectivity index (χ4v) is 2.60. The predicted molar refractivity (Wildman–Crippen MR) is 77.6 cm³/mol. The van der Waals surface area contributed by atoms with Gasteiger partial charge in [-0.15, -0.1) is 0 Å². The van der Waals surface area contributed by atoms with Gasteiger partial charge < -0.3 is 9.47 Å². The highest BCUT2D eigenvalue weighted by molar-refractivity contribution is 5.76. The van der Waals surface area contributed by atoms with E-state index in [0.29, 0.717) is 12.5 Å². The molecule has 4 nitrogen and oxygen atoms in total. The molecule has 0 spiro atoms. The van der Waals surface area contributed by atoms with Crippen molar-refractivity contribution in [1.82, 2.24) is 5.32 Å². The van der Waals surface area contributed by atoms with Crippen LogP contribution in [-0.4, -0.2) is 25.7 Å². The van der Waals surface area contributed by atoms with Crippen LogP contribution in [0.5, 0.6) is 5.75 Å². The predicted octanol–water partition coefficient (Wildman–Crippen LogP) is 2.54. The maximum absolute atomic E-state index is 11.9. The first-order valence-electron chi connectivity index (χ1n) is 7.10. The molecule has 1 aliphatic rings. The first kappa shape index (κ1) is 14.9. The van der Waals surface area contributed by atoms with Crippen LogP contribution in [0, 0.1) is 11.8 Å². The van der Waals surface area contributed by atoms with E-state index >= 15 is 0 Å². The van der Waals surface area contributed by atoms with Crippen molar-refractivity contribution in [1.29, 1.82) is 0 Å². The number of methoxy groups -OCH3 is 1. The van der Waals surface area contributed by atoms with Gasteiger partial charge in [0.05, 0.1) is 13.7 Å². The Balaban J connectivity index is 2.25. The topological polar surface area (TPSA) is 47.6 Å². The first-order valence-corrected chi connectivity index (χ1v) is 7.10. The zero-order valence-corrected chi connectivity index (χ0v) is 12.6. The van der Waals surface area contributed by atoms with Crippen molar-refractivity contribution < 1.29 is 14.3 Å². The number of para-hydroxylation sites is 1. The van der Waals surface area contributed by atoms with Crippen LogP contribution in [0.3, 0.4) is 0 Å². The number of benzene rings is 1. The molecule has 1 aliphatic heterocycles. The zero-order valence-electron chi connectivity index (χ0n) is 12.6. The number of fused-ring (bicyclic) bond motifs is 1. The van der Waals surface area contributed by atoms with Gasteiger partial charge in [-0.2, -0.15) is 0 Å². The molecule has 3 atom stereocenters. The average Bonchev–Trinajstić information content (AvgIpc) is 2.45. The highest BCUT2D eigenvalue weighted by Gasteiger charge is 2.33. The molecule has 0 bridgehead atoms. The summed E-state index contributed by atoms with van der Waals surface area (Å²) in [5.41, 5.74) is 1.11. The summed E-state index contributed by atoms with van der Waals surface area (Å²) in [6.45, 7) is 6.82. The Morgan fingerprint density at radius 3 is 2.75 bits per heavy atom. The molecule has 0 saturated heterocycles. The molecule has 0 amide bonds. The largest absolute Gasteiger partial charge is 0.493 e. The van der Waals surface area contributed by atoms with Gasteiger partial charge in [-0.3, -0.25) is 10.1 Å². The zero-order chi connectivity index (χ0) is 14.7. The second kappa shape index (κ2) is 6.27. The lowest BCUT2D eigenvalue weighted by molar-refractivity contribution is -0.144. The van der Waals surface area contributed by atoms with Crippen molar-refractivity contribution in [2.75, 3.05) is 13.7 Å². The van der Waals surface area contributed by atoms with E-state index in [1.807, 2.05) is 32.0 Å². The third-order valence-electron chi connectivity index (χ3n) is 3.81. The average molecular weight is 277 g/mol. The molecule has 0 aromatic heterocycles. The van der Waals surface area contributed by atoms with E-state index in [0.717, 1.165) is 11.3 Å². The Kier molecular flexibility index (Phi) is 4.65. The van der Waals surface area contributed by atoms with E-state index in [4.69, 9.17) is 9.47 Å². The molecule has 110 valence electrons. The van der Waals surface area contributed by atoms with Crippen LogP contribution in [0.4, 0.5) is 0 Å². The van der Waals surface area contributed by atoms with Crippen molar-refractivity contribution in [3.05, 3.63) is 29.8 Å². The minimum absolute atomic E-state index is 0.103. The lowest BCUT2D eigenvalue weighted by Gasteiger charge is -2.35. The number of ether oxygens (including phenoxy) is 2. The van der Waals surface area contributed by atoms with E-state index in [1.54, 1.807) is 0 Å². The number of carbonyl (C=O) groups excluding carboxylic acids is 1. The van der Waals surface area contributed by atoms with Crippen LogP contribution in [0.2, 0.25) is 0 Å². The van der Waals surface area contributed by atoms with Crippen LogP contribution >= 0.6 is 0 Å². The lowest BCUT2D eigenvalue weighted by Crippen LogP contribution is -2.47. The van der Waals surface area contributed by atoms with Crippen molar-refractivity contribution in [3.63, 3.8) is 0 Å². The highest BCUT2D eigenvalue weighted by Crippen LogP contribution is 2.35. The van der Waals surface area contributed by atoms with E-state index in [1.165, 1.54) is 7.11 Å². The first-order chi connectivity index (χ1) is 9.54. The smallest absolute Gasteiger partial charge is 0.323 e. The standard InChI is InChI=1S/C16H23NO3/c1-10(2)14(16(18)19-4)17-15-11(3)9-20-13-8-6-5-7-12(13)15/h5-8,10-11,14-15,17H,9H2,1-4H3/t11?,14-,15?/m0/s1. The summed E-state index contributed by atoms with van der Waals surface area (Å²) in [5, 5.41) is 3.46. The van der Waals surface area contributed by atoms with Gasteiger partial charge in [0.1, 0.15) is 11.8 Å². The molecule has 0 aliphatic carbocycles. The molecular weight excluding hydrogens is 254 g/mol. The molecule has 1 heterocycles. The monoisotopic (exact) mass is 277 g/mol. The number of hydrogen-bond donors (Lipinski definition) is 1. The number of carbonyl (C=O) groups is 1. The van der Waals surface area contributed by atoms with Gasteiger partial charge >= 0.3 is 5.97 Å². The second-order valence-corrected chi connectivity index (χ2v) is 5.72. The van der Waals surface area contributed by atoms with Gasteiger partial charge in [-0.05, 0) is 12.0 Å². The Bertz CT molecular complexity index is 473. The van der Waals surface area contributed by atoms with Crippen LogP contribution in [0.1, 0.15) is 32.4 Å². The summed E-state index contributed by atoms with van der Waals surface area (Å²) in [4.78, 5) is 11.9. The quantitative estimate of drug-likeness (QED) is 0.859. The maximum Gasteiger partial charge on any atom is 0.323 e. The normalized spacial score (nSPS) is 22.9. The van der Waals surface area contributed by atoms with Crippen molar-refractivity contribution in [3.8, 4) is 5.75 Å². The van der Waals surface area contributed by atoms with E-state index in [-0.39, 0.29) is 24.0 Å².